The van der Waals surface area contributed by atoms with Crippen molar-refractivity contribution in [3.05, 3.63) is 46.7 Å². The van der Waals surface area contributed by atoms with Crippen molar-refractivity contribution in [2.24, 2.45) is 0 Å². The number of sulfonamides is 1. The number of thiophene rings is 1. The molecule has 1 aromatic carbocycles. The fraction of sp³-hybridized carbons (Fsp3) is 0.286. The minimum Gasteiger partial charge on any atom is -0.399 e. The predicted molar refractivity (Wildman–Crippen MR) is 83.3 cm³/mol. The minimum absolute atomic E-state index is 0.101. The minimum atomic E-state index is -3.48. The van der Waals surface area contributed by atoms with Gasteiger partial charge in [-0.1, -0.05) is 6.07 Å². The molecule has 2 aromatic rings. The van der Waals surface area contributed by atoms with Crippen LogP contribution in [0.1, 0.15) is 11.8 Å². The molecule has 0 aliphatic heterocycles. The van der Waals surface area contributed by atoms with E-state index in [-0.39, 0.29) is 10.9 Å². The summed E-state index contributed by atoms with van der Waals surface area (Å²) >= 11 is 1.64. The number of hydrogen-bond acceptors (Lipinski definition) is 4. The average Bonchev–Trinajstić information content (AvgIpc) is 2.91. The fourth-order valence-corrected chi connectivity index (χ4v) is 4.08. The molecule has 1 heterocycles. The van der Waals surface area contributed by atoms with Crippen LogP contribution in [0.2, 0.25) is 0 Å². The summed E-state index contributed by atoms with van der Waals surface area (Å²) in [5.41, 5.74) is 6.14. The first-order chi connectivity index (χ1) is 9.41. The highest BCUT2D eigenvalue weighted by Crippen LogP contribution is 2.20. The van der Waals surface area contributed by atoms with E-state index in [4.69, 9.17) is 5.73 Å². The summed E-state index contributed by atoms with van der Waals surface area (Å²) in [6.45, 7) is 1.91. The Morgan fingerprint density at radius 2 is 1.90 bits per heavy atom. The van der Waals surface area contributed by atoms with Crippen LogP contribution in [0.15, 0.2) is 46.7 Å². The lowest BCUT2D eigenvalue weighted by atomic mass is 10.2. The lowest BCUT2D eigenvalue weighted by Crippen LogP contribution is -2.36. The van der Waals surface area contributed by atoms with Gasteiger partial charge in [-0.2, -0.15) is 4.31 Å². The Balaban J connectivity index is 2.18. The molecule has 2 rings (SSSR count). The maximum atomic E-state index is 12.5. The summed E-state index contributed by atoms with van der Waals surface area (Å²) in [6, 6.07) is 10.2. The molecule has 0 aliphatic rings. The monoisotopic (exact) mass is 310 g/mol. The highest BCUT2D eigenvalue weighted by Gasteiger charge is 2.25. The second-order valence-corrected chi connectivity index (χ2v) is 7.75. The molecule has 0 saturated heterocycles. The summed E-state index contributed by atoms with van der Waals surface area (Å²) in [7, 11) is -1.86. The van der Waals surface area contributed by atoms with Gasteiger partial charge in [-0.15, -0.1) is 11.3 Å². The van der Waals surface area contributed by atoms with Crippen molar-refractivity contribution in [2.75, 3.05) is 12.8 Å². The molecular weight excluding hydrogens is 292 g/mol. The molecule has 2 N–H and O–H groups in total. The van der Waals surface area contributed by atoms with Crippen LogP contribution in [0.4, 0.5) is 5.69 Å². The normalized spacial score (nSPS) is 13.6. The molecule has 20 heavy (non-hydrogen) atoms. The summed E-state index contributed by atoms with van der Waals surface area (Å²) in [5, 5.41) is 2.00. The summed E-state index contributed by atoms with van der Waals surface area (Å²) in [6.07, 6.45) is 0.711. The number of likely N-dealkylation sites (N-methyl/N-ethyl adjacent to an activating group) is 1. The topological polar surface area (TPSA) is 63.4 Å². The number of rotatable bonds is 5. The van der Waals surface area contributed by atoms with E-state index in [0.717, 1.165) is 0 Å². The van der Waals surface area contributed by atoms with Gasteiger partial charge in [0, 0.05) is 23.7 Å². The van der Waals surface area contributed by atoms with E-state index in [0.29, 0.717) is 12.1 Å². The third kappa shape index (κ3) is 3.20. The van der Waals surface area contributed by atoms with Gasteiger partial charge in [0.2, 0.25) is 10.0 Å². The molecule has 0 radical (unpaired) electrons. The Hall–Kier alpha value is -1.37. The molecule has 0 bridgehead atoms. The molecule has 108 valence electrons. The quantitative estimate of drug-likeness (QED) is 0.863. The van der Waals surface area contributed by atoms with E-state index in [9.17, 15) is 8.42 Å². The fourth-order valence-electron chi connectivity index (χ4n) is 1.89. The van der Waals surface area contributed by atoms with Crippen molar-refractivity contribution >= 4 is 27.0 Å². The molecule has 0 fully saturated rings. The Kier molecular flexibility index (Phi) is 4.47. The van der Waals surface area contributed by atoms with Gasteiger partial charge in [0.05, 0.1) is 4.90 Å². The predicted octanol–water partition coefficient (Wildman–Crippen LogP) is 2.58. The van der Waals surface area contributed by atoms with E-state index in [1.807, 2.05) is 24.4 Å². The first-order valence-electron chi connectivity index (χ1n) is 6.27. The molecule has 4 nitrogen and oxygen atoms in total. The van der Waals surface area contributed by atoms with Crippen LogP contribution >= 0.6 is 11.3 Å². The van der Waals surface area contributed by atoms with Crippen LogP contribution in [0, 0.1) is 0 Å². The van der Waals surface area contributed by atoms with Crippen LogP contribution in [-0.4, -0.2) is 25.8 Å². The van der Waals surface area contributed by atoms with Crippen LogP contribution in [0.3, 0.4) is 0 Å². The molecule has 1 atom stereocenters. The summed E-state index contributed by atoms with van der Waals surface area (Å²) in [5.74, 6) is 0. The van der Waals surface area contributed by atoms with Crippen molar-refractivity contribution in [3.8, 4) is 0 Å². The zero-order valence-corrected chi connectivity index (χ0v) is 13.1. The van der Waals surface area contributed by atoms with Gasteiger partial charge >= 0.3 is 0 Å². The molecule has 0 aliphatic carbocycles. The Labute approximate surface area is 123 Å². The summed E-state index contributed by atoms with van der Waals surface area (Å²) < 4.78 is 26.4. The third-order valence-electron chi connectivity index (χ3n) is 3.25. The smallest absolute Gasteiger partial charge is 0.243 e. The van der Waals surface area contributed by atoms with Crippen molar-refractivity contribution < 1.29 is 8.42 Å². The molecule has 1 aromatic heterocycles. The number of anilines is 1. The molecule has 1 unspecified atom stereocenters. The van der Waals surface area contributed by atoms with Crippen molar-refractivity contribution in [1.29, 1.82) is 0 Å². The largest absolute Gasteiger partial charge is 0.399 e. The highest BCUT2D eigenvalue weighted by atomic mass is 32.2. The van der Waals surface area contributed by atoms with Crippen LogP contribution in [0.25, 0.3) is 0 Å². The highest BCUT2D eigenvalue weighted by molar-refractivity contribution is 7.89. The van der Waals surface area contributed by atoms with Gasteiger partial charge in [0.15, 0.2) is 0 Å². The Bertz CT molecular complexity index is 649. The van der Waals surface area contributed by atoms with Crippen molar-refractivity contribution in [2.45, 2.75) is 24.3 Å². The van der Waals surface area contributed by atoms with Crippen molar-refractivity contribution in [3.63, 3.8) is 0 Å². The van der Waals surface area contributed by atoms with Crippen LogP contribution in [-0.2, 0) is 16.4 Å². The van der Waals surface area contributed by atoms with E-state index >= 15 is 0 Å². The maximum Gasteiger partial charge on any atom is 0.243 e. The second kappa shape index (κ2) is 5.95. The Morgan fingerprint density at radius 3 is 2.45 bits per heavy atom. The van der Waals surface area contributed by atoms with Crippen LogP contribution in [0.5, 0.6) is 0 Å². The van der Waals surface area contributed by atoms with Gasteiger partial charge in [0.1, 0.15) is 0 Å². The number of hydrogen-bond donors (Lipinski definition) is 1. The zero-order chi connectivity index (χ0) is 14.8. The van der Waals surface area contributed by atoms with E-state index in [1.54, 1.807) is 42.6 Å². The third-order valence-corrected chi connectivity index (χ3v) is 6.14. The molecule has 6 heteroatoms. The molecular formula is C14H18N2O2S2. The Morgan fingerprint density at radius 1 is 1.25 bits per heavy atom. The van der Waals surface area contributed by atoms with E-state index < -0.39 is 10.0 Å². The number of nitrogens with zero attached hydrogens (tertiary/aromatic N) is 1. The lowest BCUT2D eigenvalue weighted by Gasteiger charge is -2.24. The molecule has 0 amide bonds. The summed E-state index contributed by atoms with van der Waals surface area (Å²) in [4.78, 5) is 1.45. The standard InChI is InChI=1S/C14H18N2O2S2/c1-11(10-13-4-3-9-19-13)16(2)20(17,18)14-7-5-12(15)6-8-14/h3-9,11H,10,15H2,1-2H3. The van der Waals surface area contributed by atoms with E-state index in [1.165, 1.54) is 9.18 Å². The average molecular weight is 310 g/mol. The lowest BCUT2D eigenvalue weighted by molar-refractivity contribution is 0.388. The van der Waals surface area contributed by atoms with Crippen LogP contribution < -0.4 is 5.73 Å². The van der Waals surface area contributed by atoms with Gasteiger partial charge in [-0.05, 0) is 49.1 Å². The number of nitrogens with two attached hydrogens (primary N) is 1. The van der Waals surface area contributed by atoms with Gasteiger partial charge in [-0.3, -0.25) is 0 Å². The first-order valence-corrected chi connectivity index (χ1v) is 8.59. The van der Waals surface area contributed by atoms with Gasteiger partial charge in [0.25, 0.3) is 0 Å². The second-order valence-electron chi connectivity index (χ2n) is 4.72. The number of benzene rings is 1. The maximum absolute atomic E-state index is 12.5. The first kappa shape index (κ1) is 15.0. The van der Waals surface area contributed by atoms with Crippen molar-refractivity contribution in [1.82, 2.24) is 4.31 Å². The van der Waals surface area contributed by atoms with E-state index in [2.05, 4.69) is 0 Å². The van der Waals surface area contributed by atoms with Gasteiger partial charge in [-0.25, -0.2) is 8.42 Å². The molecule has 0 saturated carbocycles. The SMILES string of the molecule is CC(Cc1cccs1)N(C)S(=O)(=O)c1ccc(N)cc1. The van der Waals surface area contributed by atoms with Gasteiger partial charge < -0.3 is 5.73 Å². The zero-order valence-electron chi connectivity index (χ0n) is 11.5. The molecule has 0 spiro atoms. The number of nitrogen functional groups attached to an aromatic ring is 1.